The maximum absolute atomic E-state index is 12.8. The van der Waals surface area contributed by atoms with Crippen LogP contribution in [0.1, 0.15) is 44.7 Å². The highest BCUT2D eigenvalue weighted by Crippen LogP contribution is 2.44. The minimum atomic E-state index is -0.541. The molecule has 31 heavy (non-hydrogen) atoms. The van der Waals surface area contributed by atoms with Gasteiger partial charge in [-0.05, 0) is 49.9 Å². The fraction of sp³-hybridized carbons (Fsp3) is 0.440. The number of fused-ring (bicyclic) bond motifs is 3. The normalized spacial score (nSPS) is 18.4. The highest BCUT2D eigenvalue weighted by atomic mass is 16.6. The molecular formula is C25H30N2O4. The smallest absolute Gasteiger partial charge is 0.410 e. The van der Waals surface area contributed by atoms with Crippen molar-refractivity contribution < 1.29 is 19.1 Å². The highest BCUT2D eigenvalue weighted by molar-refractivity contribution is 5.79. The lowest BCUT2D eigenvalue weighted by molar-refractivity contribution is 0.0000450. The van der Waals surface area contributed by atoms with Crippen molar-refractivity contribution in [3.05, 3.63) is 59.7 Å². The zero-order valence-corrected chi connectivity index (χ0v) is 18.6. The van der Waals surface area contributed by atoms with Crippen LogP contribution >= 0.6 is 0 Å². The number of benzene rings is 2. The third-order valence-corrected chi connectivity index (χ3v) is 5.85. The molecule has 0 saturated carbocycles. The van der Waals surface area contributed by atoms with Crippen molar-refractivity contribution in [2.45, 2.75) is 45.3 Å². The Balaban J connectivity index is 1.38. The molecule has 2 amide bonds. The minimum Gasteiger partial charge on any atom is -0.448 e. The molecule has 2 aromatic rings. The molecule has 0 N–H and O–H groups in total. The molecule has 4 rings (SSSR count). The molecule has 0 aromatic heterocycles. The monoisotopic (exact) mass is 422 g/mol. The topological polar surface area (TPSA) is 59.1 Å². The molecule has 2 aliphatic rings. The number of amides is 2. The van der Waals surface area contributed by atoms with Crippen molar-refractivity contribution >= 4 is 12.2 Å². The summed E-state index contributed by atoms with van der Waals surface area (Å²) in [5.41, 5.74) is 4.26. The summed E-state index contributed by atoms with van der Waals surface area (Å²) in [4.78, 5) is 28.6. The Labute approximate surface area is 183 Å². The molecule has 0 spiro atoms. The number of carbonyl (C=O) groups excluding carboxylic acids is 2. The SMILES string of the molecule is CC1CN(C(=O)OCC2c3ccccc3-c3ccccc32)CCN1C(=O)OC(C)(C)C. The Kier molecular flexibility index (Phi) is 5.65. The van der Waals surface area contributed by atoms with Crippen molar-refractivity contribution in [2.24, 2.45) is 0 Å². The fourth-order valence-electron chi connectivity index (χ4n) is 4.40. The van der Waals surface area contributed by atoms with Gasteiger partial charge in [0.15, 0.2) is 0 Å². The van der Waals surface area contributed by atoms with Crippen LogP contribution in [0.3, 0.4) is 0 Å². The van der Waals surface area contributed by atoms with E-state index in [-0.39, 0.29) is 24.1 Å². The van der Waals surface area contributed by atoms with Gasteiger partial charge in [0.25, 0.3) is 0 Å². The highest BCUT2D eigenvalue weighted by Gasteiger charge is 2.34. The van der Waals surface area contributed by atoms with E-state index in [0.717, 1.165) is 0 Å². The van der Waals surface area contributed by atoms with E-state index < -0.39 is 5.60 Å². The second-order valence-electron chi connectivity index (χ2n) is 9.27. The fourth-order valence-corrected chi connectivity index (χ4v) is 4.40. The Hall–Kier alpha value is -3.02. The lowest BCUT2D eigenvalue weighted by atomic mass is 9.98. The summed E-state index contributed by atoms with van der Waals surface area (Å²) >= 11 is 0. The third kappa shape index (κ3) is 4.38. The molecule has 2 aromatic carbocycles. The molecule has 0 bridgehead atoms. The van der Waals surface area contributed by atoms with Crippen LogP contribution in [0.25, 0.3) is 11.1 Å². The summed E-state index contributed by atoms with van der Waals surface area (Å²) in [5.74, 6) is 0.0387. The molecule has 6 nitrogen and oxygen atoms in total. The summed E-state index contributed by atoms with van der Waals surface area (Å²) < 4.78 is 11.2. The van der Waals surface area contributed by atoms with Crippen molar-refractivity contribution in [1.82, 2.24) is 9.80 Å². The van der Waals surface area contributed by atoms with Crippen molar-refractivity contribution in [3.63, 3.8) is 0 Å². The van der Waals surface area contributed by atoms with E-state index in [1.807, 2.05) is 52.0 Å². The first-order valence-electron chi connectivity index (χ1n) is 10.8. The van der Waals surface area contributed by atoms with Crippen LogP contribution in [0, 0.1) is 0 Å². The second kappa shape index (κ2) is 8.25. The van der Waals surface area contributed by atoms with E-state index in [1.165, 1.54) is 22.3 Å². The Morgan fingerprint density at radius 3 is 2.06 bits per heavy atom. The Bertz CT molecular complexity index is 936. The molecule has 1 aliphatic heterocycles. The minimum absolute atomic E-state index is 0.0387. The molecule has 1 fully saturated rings. The molecule has 164 valence electrons. The van der Waals surface area contributed by atoms with Gasteiger partial charge in [-0.15, -0.1) is 0 Å². The number of ether oxygens (including phenoxy) is 2. The van der Waals surface area contributed by atoms with Crippen molar-refractivity contribution in [3.8, 4) is 11.1 Å². The zero-order chi connectivity index (χ0) is 22.2. The van der Waals surface area contributed by atoms with E-state index in [1.54, 1.807) is 9.80 Å². The number of hydrogen-bond donors (Lipinski definition) is 0. The van der Waals surface area contributed by atoms with Crippen LogP contribution in [0.5, 0.6) is 0 Å². The van der Waals surface area contributed by atoms with E-state index >= 15 is 0 Å². The van der Waals surface area contributed by atoms with Gasteiger partial charge in [-0.3, -0.25) is 0 Å². The second-order valence-corrected chi connectivity index (χ2v) is 9.27. The summed E-state index contributed by atoms with van der Waals surface area (Å²) in [5, 5.41) is 0. The van der Waals surface area contributed by atoms with E-state index in [0.29, 0.717) is 26.2 Å². The molecular weight excluding hydrogens is 392 g/mol. The first kappa shape index (κ1) is 21.2. The summed E-state index contributed by atoms with van der Waals surface area (Å²) in [6.45, 7) is 9.06. The lowest BCUT2D eigenvalue weighted by Gasteiger charge is -2.39. The van der Waals surface area contributed by atoms with Crippen LogP contribution in [0.2, 0.25) is 0 Å². The third-order valence-electron chi connectivity index (χ3n) is 5.85. The maximum atomic E-state index is 12.8. The Morgan fingerprint density at radius 2 is 1.52 bits per heavy atom. The maximum Gasteiger partial charge on any atom is 0.410 e. The predicted octanol–water partition coefficient (Wildman–Crippen LogP) is 4.88. The predicted molar refractivity (Wildman–Crippen MR) is 119 cm³/mol. The Morgan fingerprint density at radius 1 is 0.935 bits per heavy atom. The summed E-state index contributed by atoms with van der Waals surface area (Å²) in [6.07, 6.45) is -0.676. The molecule has 6 heteroatoms. The van der Waals surface area contributed by atoms with Crippen LogP contribution < -0.4 is 0 Å². The van der Waals surface area contributed by atoms with Gasteiger partial charge in [0.1, 0.15) is 12.2 Å². The number of carbonyl (C=O) groups is 2. The van der Waals surface area contributed by atoms with Crippen molar-refractivity contribution in [2.75, 3.05) is 26.2 Å². The van der Waals surface area contributed by atoms with Gasteiger partial charge in [-0.25, -0.2) is 9.59 Å². The average molecular weight is 423 g/mol. The first-order valence-corrected chi connectivity index (χ1v) is 10.8. The van der Waals surface area contributed by atoms with Gasteiger partial charge in [-0.1, -0.05) is 48.5 Å². The molecule has 1 saturated heterocycles. The lowest BCUT2D eigenvalue weighted by Crippen LogP contribution is -2.56. The van der Waals surface area contributed by atoms with Crippen LogP contribution in [0.4, 0.5) is 9.59 Å². The molecule has 1 atom stereocenters. The van der Waals surface area contributed by atoms with E-state index in [9.17, 15) is 9.59 Å². The van der Waals surface area contributed by atoms with Crippen LogP contribution in [0.15, 0.2) is 48.5 Å². The summed E-state index contributed by atoms with van der Waals surface area (Å²) in [6, 6.07) is 16.4. The average Bonchev–Trinajstić information content (AvgIpc) is 3.04. The van der Waals surface area contributed by atoms with Gasteiger partial charge in [-0.2, -0.15) is 0 Å². The van der Waals surface area contributed by atoms with Crippen molar-refractivity contribution in [1.29, 1.82) is 0 Å². The van der Waals surface area contributed by atoms with Crippen LogP contribution in [-0.2, 0) is 9.47 Å². The standard InChI is InChI=1S/C25H30N2O4/c1-17-15-26(13-14-27(17)24(29)31-25(2,3)4)23(28)30-16-22-20-11-7-5-9-18(20)19-10-6-8-12-21(19)22/h5-12,17,22H,13-16H2,1-4H3. The number of hydrogen-bond acceptors (Lipinski definition) is 4. The van der Waals surface area contributed by atoms with Gasteiger partial charge < -0.3 is 19.3 Å². The zero-order valence-electron chi connectivity index (χ0n) is 18.6. The van der Waals surface area contributed by atoms with Gasteiger partial charge >= 0.3 is 12.2 Å². The quantitative estimate of drug-likeness (QED) is 0.692. The van der Waals surface area contributed by atoms with E-state index in [2.05, 4.69) is 24.3 Å². The van der Waals surface area contributed by atoms with Gasteiger partial charge in [0, 0.05) is 25.6 Å². The van der Waals surface area contributed by atoms with Gasteiger partial charge in [0.2, 0.25) is 0 Å². The number of rotatable bonds is 2. The summed E-state index contributed by atoms with van der Waals surface area (Å²) in [7, 11) is 0. The van der Waals surface area contributed by atoms with Gasteiger partial charge in [0.05, 0.1) is 6.04 Å². The molecule has 1 aliphatic carbocycles. The van der Waals surface area contributed by atoms with Crippen LogP contribution in [-0.4, -0.2) is 59.9 Å². The number of piperazine rings is 1. The molecule has 1 unspecified atom stereocenters. The molecule has 1 heterocycles. The number of nitrogens with zero attached hydrogens (tertiary/aromatic N) is 2. The largest absolute Gasteiger partial charge is 0.448 e. The van der Waals surface area contributed by atoms with E-state index in [4.69, 9.17) is 9.47 Å². The first-order chi connectivity index (χ1) is 14.7. The molecule has 0 radical (unpaired) electrons.